The summed E-state index contributed by atoms with van der Waals surface area (Å²) in [6, 6.07) is 14.1. The molecule has 1 amide bonds. The maximum atomic E-state index is 12.8. The molecule has 2 heterocycles. The third-order valence-corrected chi connectivity index (χ3v) is 5.83. The highest BCUT2D eigenvalue weighted by Gasteiger charge is 2.27. The number of rotatable bonds is 7. The smallest absolute Gasteiger partial charge is 0.222 e. The number of nitrogens with zero attached hydrogens (tertiary/aromatic N) is 6. The summed E-state index contributed by atoms with van der Waals surface area (Å²) in [5.41, 5.74) is 4.08. The number of carbonyl (C=O) groups is 1. The van der Waals surface area contributed by atoms with E-state index in [0.717, 1.165) is 22.5 Å². The summed E-state index contributed by atoms with van der Waals surface area (Å²) < 4.78 is 1.86. The fourth-order valence-corrected chi connectivity index (χ4v) is 4.09. The molecular formula is C23H28N6O. The van der Waals surface area contributed by atoms with E-state index >= 15 is 0 Å². The van der Waals surface area contributed by atoms with Crippen LogP contribution >= 0.6 is 0 Å². The molecule has 1 saturated heterocycles. The highest BCUT2D eigenvalue weighted by atomic mass is 16.2. The van der Waals surface area contributed by atoms with Gasteiger partial charge in [-0.15, -0.1) is 0 Å². The van der Waals surface area contributed by atoms with Gasteiger partial charge in [0.05, 0.1) is 30.8 Å². The first-order valence-electron chi connectivity index (χ1n) is 10.4. The topological polar surface area (TPSA) is 88.9 Å². The van der Waals surface area contributed by atoms with Gasteiger partial charge in [0.15, 0.2) is 0 Å². The minimum atomic E-state index is -0.270. The van der Waals surface area contributed by atoms with Crippen LogP contribution in [0.25, 0.3) is 0 Å². The summed E-state index contributed by atoms with van der Waals surface area (Å²) in [6.07, 6.45) is 1.54. The summed E-state index contributed by atoms with van der Waals surface area (Å²) in [7, 11) is 0. The van der Waals surface area contributed by atoms with E-state index in [4.69, 9.17) is 5.26 Å². The lowest BCUT2D eigenvalue weighted by Gasteiger charge is -2.37. The Hall–Kier alpha value is -3.16. The molecule has 2 aromatic rings. The zero-order valence-corrected chi connectivity index (χ0v) is 17.7. The van der Waals surface area contributed by atoms with E-state index < -0.39 is 0 Å². The van der Waals surface area contributed by atoms with Crippen molar-refractivity contribution < 1.29 is 4.79 Å². The Balaban J connectivity index is 1.53. The molecule has 0 aliphatic carbocycles. The van der Waals surface area contributed by atoms with Crippen LogP contribution in [0.15, 0.2) is 30.3 Å². The number of amides is 1. The van der Waals surface area contributed by atoms with Crippen molar-refractivity contribution in [2.24, 2.45) is 0 Å². The van der Waals surface area contributed by atoms with Crippen molar-refractivity contribution in [2.45, 2.75) is 45.7 Å². The molecule has 1 aliphatic heterocycles. The van der Waals surface area contributed by atoms with Gasteiger partial charge in [-0.1, -0.05) is 30.3 Å². The van der Waals surface area contributed by atoms with Crippen molar-refractivity contribution in [3.63, 3.8) is 0 Å². The van der Waals surface area contributed by atoms with Crippen LogP contribution in [0.2, 0.25) is 0 Å². The molecule has 0 radical (unpaired) electrons. The van der Waals surface area contributed by atoms with Crippen LogP contribution < -0.4 is 0 Å². The summed E-state index contributed by atoms with van der Waals surface area (Å²) in [5.74, 6) is 0.145. The first-order chi connectivity index (χ1) is 14.5. The van der Waals surface area contributed by atoms with Crippen LogP contribution in [0.1, 0.15) is 41.4 Å². The monoisotopic (exact) mass is 404 g/mol. The minimum absolute atomic E-state index is 0.145. The molecule has 1 unspecified atom stereocenters. The quantitative estimate of drug-likeness (QED) is 0.708. The van der Waals surface area contributed by atoms with Crippen LogP contribution in [0.4, 0.5) is 0 Å². The van der Waals surface area contributed by atoms with Crippen molar-refractivity contribution in [3.8, 4) is 12.1 Å². The Morgan fingerprint density at radius 2 is 1.83 bits per heavy atom. The van der Waals surface area contributed by atoms with Crippen LogP contribution in [0.5, 0.6) is 0 Å². The number of piperazine rings is 1. The molecular weight excluding hydrogens is 376 g/mol. The lowest BCUT2D eigenvalue weighted by molar-refractivity contribution is -0.133. The van der Waals surface area contributed by atoms with Gasteiger partial charge in [-0.25, -0.2) is 0 Å². The second-order valence-corrected chi connectivity index (χ2v) is 7.64. The maximum absolute atomic E-state index is 12.8. The molecule has 0 spiro atoms. The third-order valence-electron chi connectivity index (χ3n) is 5.83. The maximum Gasteiger partial charge on any atom is 0.222 e. The van der Waals surface area contributed by atoms with Gasteiger partial charge in [-0.3, -0.25) is 14.4 Å². The van der Waals surface area contributed by atoms with Gasteiger partial charge in [0, 0.05) is 38.3 Å². The lowest BCUT2D eigenvalue weighted by atomic mass is 10.1. The third kappa shape index (κ3) is 4.87. The average Bonchev–Trinajstić information content (AvgIpc) is 3.04. The highest BCUT2D eigenvalue weighted by molar-refractivity contribution is 5.76. The predicted octanol–water partition coefficient (Wildman–Crippen LogP) is 2.76. The number of aromatic nitrogens is 2. The Labute approximate surface area is 178 Å². The summed E-state index contributed by atoms with van der Waals surface area (Å²) >= 11 is 0. The summed E-state index contributed by atoms with van der Waals surface area (Å²) in [5, 5.41) is 22.9. The molecule has 1 fully saturated rings. The Kier molecular flexibility index (Phi) is 7.21. The zero-order chi connectivity index (χ0) is 21.5. The van der Waals surface area contributed by atoms with Crippen LogP contribution in [-0.4, -0.2) is 51.7 Å². The molecule has 1 aliphatic rings. The average molecular weight is 405 g/mol. The Morgan fingerprint density at radius 1 is 1.13 bits per heavy atom. The van der Waals surface area contributed by atoms with E-state index in [1.807, 2.05) is 53.8 Å². The summed E-state index contributed by atoms with van der Waals surface area (Å²) in [4.78, 5) is 16.8. The van der Waals surface area contributed by atoms with Gasteiger partial charge >= 0.3 is 0 Å². The molecule has 7 heteroatoms. The molecule has 156 valence electrons. The number of hydrogen-bond acceptors (Lipinski definition) is 5. The van der Waals surface area contributed by atoms with E-state index in [-0.39, 0.29) is 11.9 Å². The number of nitriles is 2. The van der Waals surface area contributed by atoms with Crippen molar-refractivity contribution in [1.82, 2.24) is 19.6 Å². The normalized spacial score (nSPS) is 15.4. The minimum Gasteiger partial charge on any atom is -0.340 e. The largest absolute Gasteiger partial charge is 0.340 e. The van der Waals surface area contributed by atoms with Crippen molar-refractivity contribution in [2.75, 3.05) is 26.2 Å². The molecule has 3 rings (SSSR count). The second-order valence-electron chi connectivity index (χ2n) is 7.64. The van der Waals surface area contributed by atoms with Gasteiger partial charge in [0.2, 0.25) is 5.91 Å². The first kappa shape index (κ1) is 21.5. The molecule has 0 bridgehead atoms. The van der Waals surface area contributed by atoms with Gasteiger partial charge in [0.1, 0.15) is 6.04 Å². The molecule has 1 aromatic heterocycles. The second kappa shape index (κ2) is 10.0. The predicted molar refractivity (Wildman–Crippen MR) is 113 cm³/mol. The van der Waals surface area contributed by atoms with Crippen molar-refractivity contribution >= 4 is 5.91 Å². The van der Waals surface area contributed by atoms with Crippen LogP contribution in [0.3, 0.4) is 0 Å². The van der Waals surface area contributed by atoms with E-state index in [2.05, 4.69) is 22.1 Å². The molecule has 0 N–H and O–H groups in total. The number of benzene rings is 1. The van der Waals surface area contributed by atoms with Crippen molar-refractivity contribution in [1.29, 1.82) is 10.5 Å². The molecule has 30 heavy (non-hydrogen) atoms. The van der Waals surface area contributed by atoms with Gasteiger partial charge < -0.3 is 4.90 Å². The zero-order valence-electron chi connectivity index (χ0n) is 17.7. The van der Waals surface area contributed by atoms with Crippen molar-refractivity contribution in [3.05, 3.63) is 52.8 Å². The number of hydrogen-bond donors (Lipinski definition) is 0. The molecule has 1 atom stereocenters. The number of aryl methyl sites for hydroxylation is 2. The van der Waals surface area contributed by atoms with E-state index in [1.165, 1.54) is 0 Å². The molecule has 0 saturated carbocycles. The fraction of sp³-hybridized carbons (Fsp3) is 0.478. The van der Waals surface area contributed by atoms with E-state index in [9.17, 15) is 10.1 Å². The standard InChI is InChI=1S/C23H28N6O/c1-18-21(19(2)29(26-18)12-6-11-24)9-10-23(30)28-15-13-27(14-16-28)22(17-25)20-7-4-3-5-8-20/h3-5,7-8,22H,6,9-10,12-16H2,1-2H3. The SMILES string of the molecule is Cc1nn(CCC#N)c(C)c1CCC(=O)N1CCN(C(C#N)c2ccccc2)CC1. The Morgan fingerprint density at radius 3 is 2.47 bits per heavy atom. The first-order valence-corrected chi connectivity index (χ1v) is 10.4. The van der Waals surface area contributed by atoms with Gasteiger partial charge in [-0.05, 0) is 31.4 Å². The highest BCUT2D eigenvalue weighted by Crippen LogP contribution is 2.22. The van der Waals surface area contributed by atoms with Gasteiger partial charge in [-0.2, -0.15) is 15.6 Å². The molecule has 7 nitrogen and oxygen atoms in total. The van der Waals surface area contributed by atoms with Crippen LogP contribution in [0, 0.1) is 36.5 Å². The fourth-order valence-electron chi connectivity index (χ4n) is 4.09. The molecule has 1 aromatic carbocycles. The summed E-state index contributed by atoms with van der Waals surface area (Å²) in [6.45, 7) is 7.22. The van der Waals surface area contributed by atoms with Crippen LogP contribution in [-0.2, 0) is 17.8 Å². The van der Waals surface area contributed by atoms with E-state index in [1.54, 1.807) is 0 Å². The number of carbonyl (C=O) groups excluding carboxylic acids is 1. The Bertz CT molecular complexity index is 945. The van der Waals surface area contributed by atoms with E-state index in [0.29, 0.717) is 52.0 Å². The lowest BCUT2D eigenvalue weighted by Crippen LogP contribution is -2.49. The van der Waals surface area contributed by atoms with Gasteiger partial charge in [0.25, 0.3) is 0 Å².